The third kappa shape index (κ3) is 6.56. The van der Waals surface area contributed by atoms with E-state index in [-0.39, 0.29) is 11.7 Å². The summed E-state index contributed by atoms with van der Waals surface area (Å²) in [6.07, 6.45) is 3.32. The number of nitrogens with zero attached hydrogens (tertiary/aromatic N) is 1. The molecule has 1 amide bonds. The summed E-state index contributed by atoms with van der Waals surface area (Å²) in [5, 5.41) is 15.1. The molecule has 1 saturated heterocycles. The van der Waals surface area contributed by atoms with E-state index in [0.717, 1.165) is 49.9 Å². The van der Waals surface area contributed by atoms with Crippen LogP contribution in [0.15, 0.2) is 66.7 Å². The van der Waals surface area contributed by atoms with Crippen LogP contribution in [0, 0.1) is 0 Å². The van der Waals surface area contributed by atoms with Gasteiger partial charge in [-0.05, 0) is 79.7 Å². The van der Waals surface area contributed by atoms with Crippen molar-refractivity contribution in [1.29, 1.82) is 0 Å². The fourth-order valence-electron chi connectivity index (χ4n) is 4.68. The van der Waals surface area contributed by atoms with Crippen LogP contribution in [0.5, 0.6) is 5.75 Å². The fourth-order valence-corrected chi connectivity index (χ4v) is 5.04. The Morgan fingerprint density at radius 2 is 1.58 bits per heavy atom. The molecule has 6 nitrogen and oxygen atoms in total. The van der Waals surface area contributed by atoms with Crippen LogP contribution in [0.1, 0.15) is 47.7 Å². The molecule has 5 rings (SSSR count). The van der Waals surface area contributed by atoms with Gasteiger partial charge in [-0.15, -0.1) is 0 Å². The first-order chi connectivity index (χ1) is 18.4. The Labute approximate surface area is 232 Å². The summed E-state index contributed by atoms with van der Waals surface area (Å²) in [4.78, 5) is 28.3. The SMILES string of the molecule is O=C(NC(CN1CCCC1)C(O)c1ccc(OC2CC2)c(Cl)c1)C(=O)c1ccc(-c2ccc(Cl)cc2)cc1. The Kier molecular flexibility index (Phi) is 8.34. The molecule has 0 aromatic heterocycles. The molecule has 2 atom stereocenters. The Morgan fingerprint density at radius 3 is 2.18 bits per heavy atom. The number of rotatable bonds is 10. The van der Waals surface area contributed by atoms with E-state index in [2.05, 4.69) is 10.2 Å². The number of carbonyl (C=O) groups excluding carboxylic acids is 2. The topological polar surface area (TPSA) is 78.9 Å². The molecule has 8 heteroatoms. The molecule has 2 unspecified atom stereocenters. The molecule has 2 aliphatic rings. The summed E-state index contributed by atoms with van der Waals surface area (Å²) < 4.78 is 5.80. The second-order valence-electron chi connectivity index (χ2n) is 9.95. The van der Waals surface area contributed by atoms with Crippen LogP contribution < -0.4 is 10.1 Å². The number of aliphatic hydroxyl groups excluding tert-OH is 1. The quantitative estimate of drug-likeness (QED) is 0.249. The van der Waals surface area contributed by atoms with E-state index < -0.39 is 23.8 Å². The van der Waals surface area contributed by atoms with Crippen LogP contribution in [-0.2, 0) is 4.79 Å². The molecular formula is C30H30Cl2N2O4. The van der Waals surface area contributed by atoms with Crippen LogP contribution in [-0.4, -0.2) is 53.5 Å². The Balaban J connectivity index is 1.29. The van der Waals surface area contributed by atoms with Gasteiger partial charge in [0, 0.05) is 17.1 Å². The molecule has 1 heterocycles. The van der Waals surface area contributed by atoms with Gasteiger partial charge >= 0.3 is 0 Å². The van der Waals surface area contributed by atoms with E-state index in [0.29, 0.717) is 27.9 Å². The van der Waals surface area contributed by atoms with Gasteiger partial charge in [0.05, 0.1) is 17.2 Å². The van der Waals surface area contributed by atoms with E-state index in [1.54, 1.807) is 54.6 Å². The summed E-state index contributed by atoms with van der Waals surface area (Å²) >= 11 is 12.4. The number of aliphatic hydroxyl groups is 1. The minimum absolute atomic E-state index is 0.205. The van der Waals surface area contributed by atoms with Crippen molar-refractivity contribution in [2.45, 2.75) is 43.9 Å². The van der Waals surface area contributed by atoms with Crippen LogP contribution in [0.2, 0.25) is 10.0 Å². The van der Waals surface area contributed by atoms with E-state index in [4.69, 9.17) is 27.9 Å². The third-order valence-electron chi connectivity index (χ3n) is 7.00. The van der Waals surface area contributed by atoms with Crippen LogP contribution in [0.25, 0.3) is 11.1 Å². The molecule has 3 aromatic rings. The van der Waals surface area contributed by atoms with E-state index >= 15 is 0 Å². The zero-order chi connectivity index (χ0) is 26.6. The average Bonchev–Trinajstić information content (AvgIpc) is 3.60. The van der Waals surface area contributed by atoms with Gasteiger partial charge in [-0.25, -0.2) is 0 Å². The van der Waals surface area contributed by atoms with Crippen molar-refractivity contribution < 1.29 is 19.4 Å². The molecule has 198 valence electrons. The second kappa shape index (κ2) is 11.9. The molecule has 2 fully saturated rings. The van der Waals surface area contributed by atoms with Gasteiger partial charge in [-0.2, -0.15) is 0 Å². The Hall–Kier alpha value is -2.90. The standard InChI is InChI=1S/C30H30Cl2N2O4/c31-23-10-7-20(8-11-23)19-3-5-21(6-4-19)29(36)30(37)33-26(18-34-15-1-2-16-34)28(35)22-9-14-27(25(32)17-22)38-24-12-13-24/h3-11,14,17,24,26,28,35H,1-2,12-13,15-16,18H2,(H,33,37). The number of likely N-dealkylation sites (tertiary alicyclic amines) is 1. The summed E-state index contributed by atoms with van der Waals surface area (Å²) in [7, 11) is 0. The fraction of sp³-hybridized carbons (Fsp3) is 0.333. The molecule has 1 saturated carbocycles. The van der Waals surface area contributed by atoms with E-state index in [1.165, 1.54) is 0 Å². The first-order valence-electron chi connectivity index (χ1n) is 12.9. The van der Waals surface area contributed by atoms with Gasteiger partial charge in [-0.1, -0.05) is 65.7 Å². The maximum Gasteiger partial charge on any atom is 0.292 e. The third-order valence-corrected chi connectivity index (χ3v) is 7.54. The van der Waals surface area contributed by atoms with Crippen molar-refractivity contribution in [3.8, 4) is 16.9 Å². The molecule has 2 N–H and O–H groups in total. The van der Waals surface area contributed by atoms with Gasteiger partial charge in [0.1, 0.15) is 11.9 Å². The van der Waals surface area contributed by atoms with E-state index in [9.17, 15) is 14.7 Å². The zero-order valence-corrected chi connectivity index (χ0v) is 22.4. The number of hydrogen-bond acceptors (Lipinski definition) is 5. The highest BCUT2D eigenvalue weighted by atomic mass is 35.5. The molecule has 1 aliphatic heterocycles. The number of ether oxygens (including phenoxy) is 1. The minimum Gasteiger partial charge on any atom is -0.489 e. The number of amides is 1. The monoisotopic (exact) mass is 552 g/mol. The lowest BCUT2D eigenvalue weighted by Gasteiger charge is -2.28. The normalized spacial score (nSPS) is 17.1. The number of Topliss-reactive ketones (excluding diaryl/α,β-unsaturated/α-hetero) is 1. The summed E-state index contributed by atoms with van der Waals surface area (Å²) in [6.45, 7) is 2.19. The molecule has 0 radical (unpaired) electrons. The minimum atomic E-state index is -1.05. The first kappa shape index (κ1) is 26.7. The molecule has 3 aromatic carbocycles. The predicted octanol–water partition coefficient (Wildman–Crippen LogP) is 5.70. The number of nitrogens with one attached hydrogen (secondary N) is 1. The highest BCUT2D eigenvalue weighted by Crippen LogP contribution is 2.34. The molecule has 0 bridgehead atoms. The van der Waals surface area contributed by atoms with Crippen molar-refractivity contribution in [3.63, 3.8) is 0 Å². The second-order valence-corrected chi connectivity index (χ2v) is 10.8. The summed E-state index contributed by atoms with van der Waals surface area (Å²) in [5.74, 6) is -0.827. The van der Waals surface area contributed by atoms with E-state index in [1.807, 2.05) is 12.1 Å². The number of carbonyl (C=O) groups is 2. The Bertz CT molecular complexity index is 1290. The molecule has 38 heavy (non-hydrogen) atoms. The van der Waals surface area contributed by atoms with Gasteiger partial charge in [0.25, 0.3) is 5.91 Å². The van der Waals surface area contributed by atoms with Crippen LogP contribution >= 0.6 is 23.2 Å². The number of ketones is 1. The molecular weight excluding hydrogens is 523 g/mol. The summed E-state index contributed by atoms with van der Waals surface area (Å²) in [5.41, 5.74) is 2.70. The van der Waals surface area contributed by atoms with Crippen molar-refractivity contribution in [2.24, 2.45) is 0 Å². The number of halogens is 2. The van der Waals surface area contributed by atoms with Crippen LogP contribution in [0.4, 0.5) is 0 Å². The number of hydrogen-bond donors (Lipinski definition) is 2. The lowest BCUT2D eigenvalue weighted by atomic mass is 10.00. The lowest BCUT2D eigenvalue weighted by Crippen LogP contribution is -2.48. The van der Waals surface area contributed by atoms with Crippen molar-refractivity contribution in [1.82, 2.24) is 10.2 Å². The average molecular weight is 553 g/mol. The number of benzene rings is 3. The van der Waals surface area contributed by atoms with Gasteiger partial charge in [0.15, 0.2) is 0 Å². The molecule has 0 spiro atoms. The largest absolute Gasteiger partial charge is 0.489 e. The zero-order valence-electron chi connectivity index (χ0n) is 20.9. The predicted molar refractivity (Wildman–Crippen MR) is 149 cm³/mol. The van der Waals surface area contributed by atoms with Gasteiger partial charge in [-0.3, -0.25) is 9.59 Å². The molecule has 1 aliphatic carbocycles. The smallest absolute Gasteiger partial charge is 0.292 e. The summed E-state index contributed by atoms with van der Waals surface area (Å²) in [6, 6.07) is 18.8. The van der Waals surface area contributed by atoms with Crippen LogP contribution in [0.3, 0.4) is 0 Å². The highest BCUT2D eigenvalue weighted by molar-refractivity contribution is 6.42. The first-order valence-corrected chi connectivity index (χ1v) is 13.7. The van der Waals surface area contributed by atoms with Crippen molar-refractivity contribution in [3.05, 3.63) is 87.9 Å². The maximum atomic E-state index is 13.1. The Morgan fingerprint density at radius 1 is 0.947 bits per heavy atom. The van der Waals surface area contributed by atoms with Gasteiger partial charge in [0.2, 0.25) is 5.78 Å². The van der Waals surface area contributed by atoms with Crippen molar-refractivity contribution >= 4 is 34.9 Å². The lowest BCUT2D eigenvalue weighted by molar-refractivity contribution is -0.118. The van der Waals surface area contributed by atoms with Gasteiger partial charge < -0.3 is 20.1 Å². The van der Waals surface area contributed by atoms with Crippen molar-refractivity contribution in [2.75, 3.05) is 19.6 Å². The highest BCUT2D eigenvalue weighted by Gasteiger charge is 2.30. The maximum absolute atomic E-state index is 13.1.